The standard InChI is InChI=1S/C15H20N2O3/c1-11-12(14(18)19-2)3-4-13(16-11)17-7-5-15(9-17)6-8-20-10-15/h3-4H,5-10H2,1-2H3. The zero-order valence-corrected chi connectivity index (χ0v) is 12.0. The molecule has 3 heterocycles. The molecule has 0 N–H and O–H groups in total. The maximum atomic E-state index is 11.6. The minimum absolute atomic E-state index is 0.316. The highest BCUT2D eigenvalue weighted by Crippen LogP contribution is 2.39. The van der Waals surface area contributed by atoms with Gasteiger partial charge in [0.1, 0.15) is 5.82 Å². The van der Waals surface area contributed by atoms with Crippen LogP contribution in [0.25, 0.3) is 0 Å². The molecule has 0 amide bonds. The third kappa shape index (κ3) is 2.26. The van der Waals surface area contributed by atoms with Crippen molar-refractivity contribution in [2.75, 3.05) is 38.3 Å². The number of hydrogen-bond donors (Lipinski definition) is 0. The molecule has 1 spiro atoms. The summed E-state index contributed by atoms with van der Waals surface area (Å²) in [6.45, 7) is 5.59. The molecular formula is C15H20N2O3. The van der Waals surface area contributed by atoms with Crippen LogP contribution in [0.2, 0.25) is 0 Å². The molecule has 2 aliphatic rings. The van der Waals surface area contributed by atoms with Gasteiger partial charge < -0.3 is 14.4 Å². The van der Waals surface area contributed by atoms with Crippen molar-refractivity contribution in [3.05, 3.63) is 23.4 Å². The lowest BCUT2D eigenvalue weighted by Crippen LogP contribution is -2.28. The molecule has 0 radical (unpaired) electrons. The second kappa shape index (κ2) is 5.05. The summed E-state index contributed by atoms with van der Waals surface area (Å²) in [7, 11) is 1.39. The fraction of sp³-hybridized carbons (Fsp3) is 0.600. The Morgan fingerprint density at radius 1 is 1.45 bits per heavy atom. The lowest BCUT2D eigenvalue weighted by atomic mass is 9.87. The first kappa shape index (κ1) is 13.4. The number of ether oxygens (including phenoxy) is 2. The summed E-state index contributed by atoms with van der Waals surface area (Å²) in [6, 6.07) is 3.72. The van der Waals surface area contributed by atoms with Crippen LogP contribution < -0.4 is 4.90 Å². The molecule has 1 aromatic heterocycles. The van der Waals surface area contributed by atoms with Crippen molar-refractivity contribution in [1.29, 1.82) is 0 Å². The molecule has 2 fully saturated rings. The summed E-state index contributed by atoms with van der Waals surface area (Å²) in [5.41, 5.74) is 1.57. The second-order valence-electron chi connectivity index (χ2n) is 5.77. The Balaban J connectivity index is 1.78. The van der Waals surface area contributed by atoms with Crippen LogP contribution >= 0.6 is 0 Å². The van der Waals surface area contributed by atoms with Crippen LogP contribution in [0.15, 0.2) is 12.1 Å². The zero-order valence-electron chi connectivity index (χ0n) is 12.0. The van der Waals surface area contributed by atoms with Gasteiger partial charge in [-0.15, -0.1) is 0 Å². The first-order valence-corrected chi connectivity index (χ1v) is 7.02. The Kier molecular flexibility index (Phi) is 3.38. The van der Waals surface area contributed by atoms with Crippen LogP contribution in [0, 0.1) is 12.3 Å². The number of hydrogen-bond acceptors (Lipinski definition) is 5. The predicted octanol–water partition coefficient (Wildman–Crippen LogP) is 1.79. The smallest absolute Gasteiger partial charge is 0.339 e. The van der Waals surface area contributed by atoms with E-state index in [1.807, 2.05) is 13.0 Å². The average Bonchev–Trinajstić information content (AvgIpc) is 3.09. The van der Waals surface area contributed by atoms with Gasteiger partial charge in [0.15, 0.2) is 0 Å². The number of carbonyl (C=O) groups is 1. The number of nitrogens with zero attached hydrogens (tertiary/aromatic N) is 2. The minimum atomic E-state index is -0.330. The summed E-state index contributed by atoms with van der Waals surface area (Å²) in [5, 5.41) is 0. The fourth-order valence-electron chi connectivity index (χ4n) is 3.15. The Morgan fingerprint density at radius 2 is 2.30 bits per heavy atom. The van der Waals surface area contributed by atoms with Crippen LogP contribution in [0.3, 0.4) is 0 Å². The van der Waals surface area contributed by atoms with Gasteiger partial charge in [-0.2, -0.15) is 0 Å². The summed E-state index contributed by atoms with van der Waals surface area (Å²) in [4.78, 5) is 18.4. The molecule has 1 unspecified atom stereocenters. The summed E-state index contributed by atoms with van der Waals surface area (Å²) in [5.74, 6) is 0.613. The maximum Gasteiger partial charge on any atom is 0.339 e. The van der Waals surface area contributed by atoms with Gasteiger partial charge in [-0.05, 0) is 31.9 Å². The van der Waals surface area contributed by atoms with E-state index in [1.54, 1.807) is 6.07 Å². The topological polar surface area (TPSA) is 51.7 Å². The molecule has 1 atom stereocenters. The van der Waals surface area contributed by atoms with Crippen molar-refractivity contribution in [1.82, 2.24) is 4.98 Å². The number of esters is 1. The number of rotatable bonds is 2. The third-order valence-corrected chi connectivity index (χ3v) is 4.42. The van der Waals surface area contributed by atoms with Crippen LogP contribution in [0.4, 0.5) is 5.82 Å². The van der Waals surface area contributed by atoms with Crippen LogP contribution in [0.1, 0.15) is 28.9 Å². The third-order valence-electron chi connectivity index (χ3n) is 4.42. The quantitative estimate of drug-likeness (QED) is 0.771. The van der Waals surface area contributed by atoms with E-state index in [0.717, 1.165) is 50.7 Å². The van der Waals surface area contributed by atoms with E-state index >= 15 is 0 Å². The van der Waals surface area contributed by atoms with Crippen LogP contribution in [-0.4, -0.2) is 44.4 Å². The van der Waals surface area contributed by atoms with Crippen molar-refractivity contribution in [3.63, 3.8) is 0 Å². The van der Waals surface area contributed by atoms with E-state index in [1.165, 1.54) is 7.11 Å². The average molecular weight is 276 g/mol. The molecule has 0 saturated carbocycles. The molecule has 0 aliphatic carbocycles. The first-order chi connectivity index (χ1) is 9.63. The number of aromatic nitrogens is 1. The molecule has 5 nitrogen and oxygen atoms in total. The summed E-state index contributed by atoms with van der Waals surface area (Å²) in [6.07, 6.45) is 2.30. The van der Waals surface area contributed by atoms with Crippen LogP contribution in [0.5, 0.6) is 0 Å². The van der Waals surface area contributed by atoms with Crippen molar-refractivity contribution >= 4 is 11.8 Å². The molecule has 2 saturated heterocycles. The van der Waals surface area contributed by atoms with Gasteiger partial charge in [-0.3, -0.25) is 0 Å². The van der Waals surface area contributed by atoms with Crippen molar-refractivity contribution in [2.45, 2.75) is 19.8 Å². The lowest BCUT2D eigenvalue weighted by Gasteiger charge is -2.23. The van der Waals surface area contributed by atoms with Gasteiger partial charge in [0.05, 0.1) is 25.0 Å². The van der Waals surface area contributed by atoms with E-state index < -0.39 is 0 Å². The van der Waals surface area contributed by atoms with Gasteiger partial charge in [0, 0.05) is 25.1 Å². The number of anilines is 1. The minimum Gasteiger partial charge on any atom is -0.465 e. The maximum absolute atomic E-state index is 11.6. The van der Waals surface area contributed by atoms with Gasteiger partial charge in [0.2, 0.25) is 0 Å². The Bertz CT molecular complexity index is 524. The second-order valence-corrected chi connectivity index (χ2v) is 5.77. The highest BCUT2D eigenvalue weighted by Gasteiger charge is 2.41. The van der Waals surface area contributed by atoms with E-state index in [4.69, 9.17) is 9.47 Å². The molecule has 0 bridgehead atoms. The van der Waals surface area contributed by atoms with E-state index in [-0.39, 0.29) is 5.97 Å². The monoisotopic (exact) mass is 276 g/mol. The van der Waals surface area contributed by atoms with Crippen molar-refractivity contribution in [3.8, 4) is 0 Å². The number of pyridine rings is 1. The SMILES string of the molecule is COC(=O)c1ccc(N2CCC3(CCOC3)C2)nc1C. The van der Waals surface area contributed by atoms with Crippen molar-refractivity contribution in [2.24, 2.45) is 5.41 Å². The molecule has 1 aromatic rings. The van der Waals surface area contributed by atoms with E-state index in [2.05, 4.69) is 9.88 Å². The van der Waals surface area contributed by atoms with E-state index in [0.29, 0.717) is 11.0 Å². The number of methoxy groups -OCH3 is 1. The molecule has 5 heteroatoms. The highest BCUT2D eigenvalue weighted by molar-refractivity contribution is 5.90. The zero-order chi connectivity index (χ0) is 14.2. The first-order valence-electron chi connectivity index (χ1n) is 7.02. The highest BCUT2D eigenvalue weighted by atomic mass is 16.5. The largest absolute Gasteiger partial charge is 0.465 e. The van der Waals surface area contributed by atoms with Crippen LogP contribution in [-0.2, 0) is 9.47 Å². The number of aryl methyl sites for hydroxylation is 1. The Hall–Kier alpha value is -1.62. The molecule has 108 valence electrons. The Morgan fingerprint density at radius 3 is 2.95 bits per heavy atom. The van der Waals surface area contributed by atoms with Gasteiger partial charge in [0.25, 0.3) is 0 Å². The molecule has 0 aromatic carbocycles. The van der Waals surface area contributed by atoms with Crippen molar-refractivity contribution < 1.29 is 14.3 Å². The molecular weight excluding hydrogens is 256 g/mol. The lowest BCUT2D eigenvalue weighted by molar-refractivity contribution is 0.0599. The van der Waals surface area contributed by atoms with Gasteiger partial charge in [-0.25, -0.2) is 9.78 Å². The van der Waals surface area contributed by atoms with Gasteiger partial charge >= 0.3 is 5.97 Å². The summed E-state index contributed by atoms with van der Waals surface area (Å²) >= 11 is 0. The molecule has 3 rings (SSSR count). The normalized spacial score (nSPS) is 25.4. The molecule has 2 aliphatic heterocycles. The van der Waals surface area contributed by atoms with Gasteiger partial charge in [-0.1, -0.05) is 0 Å². The summed E-state index contributed by atoms with van der Waals surface area (Å²) < 4.78 is 10.3. The number of carbonyl (C=O) groups excluding carboxylic acids is 1. The predicted molar refractivity (Wildman–Crippen MR) is 75.0 cm³/mol. The fourth-order valence-corrected chi connectivity index (χ4v) is 3.15. The Labute approximate surface area is 118 Å². The molecule has 20 heavy (non-hydrogen) atoms. The van der Waals surface area contributed by atoms with E-state index in [9.17, 15) is 4.79 Å².